The van der Waals surface area contributed by atoms with E-state index in [9.17, 15) is 4.79 Å². The Morgan fingerprint density at radius 2 is 1.95 bits per heavy atom. The predicted octanol–water partition coefficient (Wildman–Crippen LogP) is 1.72. The zero-order chi connectivity index (χ0) is 13.8. The van der Waals surface area contributed by atoms with E-state index in [4.69, 9.17) is 10.5 Å². The topological polar surface area (TPSA) is 90.1 Å². The van der Waals surface area contributed by atoms with E-state index in [2.05, 4.69) is 15.3 Å². The normalized spacial score (nSPS) is 10.0. The second kappa shape index (κ2) is 5.34. The number of carbonyl (C=O) groups excluding carboxylic acids is 1. The first-order chi connectivity index (χ1) is 9.08. The highest BCUT2D eigenvalue weighted by Gasteiger charge is 2.05. The third kappa shape index (κ3) is 3.19. The van der Waals surface area contributed by atoms with Gasteiger partial charge in [-0.1, -0.05) is 0 Å². The van der Waals surface area contributed by atoms with Crippen LogP contribution in [0.4, 0.5) is 5.95 Å². The Morgan fingerprint density at radius 3 is 2.53 bits per heavy atom. The summed E-state index contributed by atoms with van der Waals surface area (Å²) in [5, 5.41) is 2.85. The summed E-state index contributed by atoms with van der Waals surface area (Å²) in [5.74, 6) is 1.03. The van der Waals surface area contributed by atoms with Gasteiger partial charge in [-0.05, 0) is 31.2 Å². The SMILES string of the molecule is CNc1nc(C)cc(Oc2ccc(C(N)=O)cc2)n1. The molecule has 0 aliphatic rings. The average molecular weight is 258 g/mol. The minimum atomic E-state index is -0.470. The molecule has 1 aromatic carbocycles. The highest BCUT2D eigenvalue weighted by Crippen LogP contribution is 2.21. The molecule has 0 aliphatic carbocycles. The van der Waals surface area contributed by atoms with Crippen molar-refractivity contribution in [3.05, 3.63) is 41.6 Å². The predicted molar refractivity (Wildman–Crippen MR) is 71.3 cm³/mol. The van der Waals surface area contributed by atoms with Gasteiger partial charge < -0.3 is 15.8 Å². The number of anilines is 1. The number of benzene rings is 1. The van der Waals surface area contributed by atoms with Crippen LogP contribution in [0.3, 0.4) is 0 Å². The van der Waals surface area contributed by atoms with Crippen molar-refractivity contribution in [1.82, 2.24) is 9.97 Å². The monoisotopic (exact) mass is 258 g/mol. The number of aromatic nitrogens is 2. The van der Waals surface area contributed by atoms with Crippen molar-refractivity contribution in [1.29, 1.82) is 0 Å². The van der Waals surface area contributed by atoms with Crippen LogP contribution < -0.4 is 15.8 Å². The van der Waals surface area contributed by atoms with E-state index >= 15 is 0 Å². The summed E-state index contributed by atoms with van der Waals surface area (Å²) in [6, 6.07) is 8.26. The van der Waals surface area contributed by atoms with Crippen LogP contribution >= 0.6 is 0 Å². The molecule has 0 unspecified atom stereocenters. The molecule has 19 heavy (non-hydrogen) atoms. The summed E-state index contributed by atoms with van der Waals surface area (Å²) in [7, 11) is 1.74. The fourth-order valence-corrected chi connectivity index (χ4v) is 1.51. The molecular formula is C13H14N4O2. The van der Waals surface area contributed by atoms with Crippen molar-refractivity contribution in [3.63, 3.8) is 0 Å². The maximum Gasteiger partial charge on any atom is 0.248 e. The van der Waals surface area contributed by atoms with Gasteiger partial charge in [-0.15, -0.1) is 0 Å². The van der Waals surface area contributed by atoms with Gasteiger partial charge in [-0.3, -0.25) is 4.79 Å². The Kier molecular flexibility index (Phi) is 3.61. The van der Waals surface area contributed by atoms with Crippen LogP contribution in [0.15, 0.2) is 30.3 Å². The summed E-state index contributed by atoms with van der Waals surface area (Å²) in [6.45, 7) is 1.85. The lowest BCUT2D eigenvalue weighted by Gasteiger charge is -2.07. The van der Waals surface area contributed by atoms with E-state index in [-0.39, 0.29) is 0 Å². The lowest BCUT2D eigenvalue weighted by molar-refractivity contribution is 0.100. The minimum Gasteiger partial charge on any atom is -0.439 e. The summed E-state index contributed by atoms with van der Waals surface area (Å²) < 4.78 is 5.59. The van der Waals surface area contributed by atoms with Crippen LogP contribution in [0.5, 0.6) is 11.6 Å². The largest absolute Gasteiger partial charge is 0.439 e. The Bertz CT molecular complexity index is 596. The Labute approximate surface area is 110 Å². The second-order valence-electron chi connectivity index (χ2n) is 3.91. The molecule has 1 aromatic heterocycles. The Morgan fingerprint density at radius 1 is 1.26 bits per heavy atom. The molecule has 1 amide bonds. The van der Waals surface area contributed by atoms with Crippen LogP contribution in [0.1, 0.15) is 16.1 Å². The molecule has 6 heteroatoms. The fraction of sp³-hybridized carbons (Fsp3) is 0.154. The molecule has 2 aromatic rings. The molecule has 2 rings (SSSR count). The Balaban J connectivity index is 2.21. The van der Waals surface area contributed by atoms with E-state index < -0.39 is 5.91 Å². The minimum absolute atomic E-state index is 0.433. The van der Waals surface area contributed by atoms with Crippen LogP contribution in [-0.2, 0) is 0 Å². The van der Waals surface area contributed by atoms with Crippen molar-refractivity contribution >= 4 is 11.9 Å². The molecular weight excluding hydrogens is 244 g/mol. The number of hydrogen-bond donors (Lipinski definition) is 2. The number of ether oxygens (including phenoxy) is 1. The summed E-state index contributed by atoms with van der Waals surface area (Å²) >= 11 is 0. The fourth-order valence-electron chi connectivity index (χ4n) is 1.51. The zero-order valence-corrected chi connectivity index (χ0v) is 10.7. The van der Waals surface area contributed by atoms with E-state index in [1.165, 1.54) is 0 Å². The molecule has 0 atom stereocenters. The second-order valence-corrected chi connectivity index (χ2v) is 3.91. The van der Waals surface area contributed by atoms with Crippen LogP contribution in [-0.4, -0.2) is 22.9 Å². The van der Waals surface area contributed by atoms with Gasteiger partial charge in [0, 0.05) is 24.4 Å². The number of hydrogen-bond acceptors (Lipinski definition) is 5. The molecule has 0 aliphatic heterocycles. The third-order valence-corrected chi connectivity index (χ3v) is 2.42. The van der Waals surface area contributed by atoms with E-state index in [0.29, 0.717) is 23.1 Å². The molecule has 98 valence electrons. The Hall–Kier alpha value is -2.63. The molecule has 0 fully saturated rings. The lowest BCUT2D eigenvalue weighted by atomic mass is 10.2. The van der Waals surface area contributed by atoms with Gasteiger partial charge in [-0.2, -0.15) is 4.98 Å². The standard InChI is InChI=1S/C13H14N4O2/c1-8-7-11(17-13(15-2)16-8)19-10-5-3-9(4-6-10)12(14)18/h3-7H,1-2H3,(H2,14,18)(H,15,16,17). The van der Waals surface area contributed by atoms with Crippen molar-refractivity contribution in [2.24, 2.45) is 5.73 Å². The summed E-state index contributed by atoms with van der Waals surface area (Å²) in [5.41, 5.74) is 6.39. The van der Waals surface area contributed by atoms with Gasteiger partial charge in [-0.25, -0.2) is 4.98 Å². The number of nitrogens with one attached hydrogen (secondary N) is 1. The van der Waals surface area contributed by atoms with Crippen molar-refractivity contribution < 1.29 is 9.53 Å². The number of aryl methyl sites for hydroxylation is 1. The molecule has 0 saturated carbocycles. The van der Waals surface area contributed by atoms with Crippen LogP contribution in [0, 0.1) is 6.92 Å². The van der Waals surface area contributed by atoms with Gasteiger partial charge in [0.15, 0.2) is 0 Å². The summed E-state index contributed by atoms with van der Waals surface area (Å²) in [4.78, 5) is 19.3. The highest BCUT2D eigenvalue weighted by molar-refractivity contribution is 5.92. The quantitative estimate of drug-likeness (QED) is 0.871. The maximum absolute atomic E-state index is 11.0. The van der Waals surface area contributed by atoms with Crippen molar-refractivity contribution in [2.75, 3.05) is 12.4 Å². The van der Waals surface area contributed by atoms with E-state index in [1.54, 1.807) is 37.4 Å². The lowest BCUT2D eigenvalue weighted by Crippen LogP contribution is -2.10. The van der Waals surface area contributed by atoms with E-state index in [1.807, 2.05) is 6.92 Å². The number of amides is 1. The van der Waals surface area contributed by atoms with Gasteiger partial charge in [0.1, 0.15) is 5.75 Å². The third-order valence-electron chi connectivity index (χ3n) is 2.42. The molecule has 0 bridgehead atoms. The molecule has 0 radical (unpaired) electrons. The first-order valence-electron chi connectivity index (χ1n) is 5.69. The number of rotatable bonds is 4. The first-order valence-corrected chi connectivity index (χ1v) is 5.69. The number of carbonyl (C=O) groups is 1. The van der Waals surface area contributed by atoms with E-state index in [0.717, 1.165) is 5.69 Å². The smallest absolute Gasteiger partial charge is 0.248 e. The van der Waals surface area contributed by atoms with Gasteiger partial charge in [0.25, 0.3) is 0 Å². The highest BCUT2D eigenvalue weighted by atomic mass is 16.5. The zero-order valence-electron chi connectivity index (χ0n) is 10.7. The van der Waals surface area contributed by atoms with Gasteiger partial charge >= 0.3 is 0 Å². The molecule has 0 spiro atoms. The molecule has 3 N–H and O–H groups in total. The van der Waals surface area contributed by atoms with Gasteiger partial charge in [0.2, 0.25) is 17.7 Å². The summed E-state index contributed by atoms with van der Waals surface area (Å²) in [6.07, 6.45) is 0. The maximum atomic E-state index is 11.0. The van der Waals surface area contributed by atoms with Crippen molar-refractivity contribution in [2.45, 2.75) is 6.92 Å². The van der Waals surface area contributed by atoms with Crippen molar-refractivity contribution in [3.8, 4) is 11.6 Å². The average Bonchev–Trinajstić information content (AvgIpc) is 2.38. The van der Waals surface area contributed by atoms with Crippen LogP contribution in [0.2, 0.25) is 0 Å². The van der Waals surface area contributed by atoms with Gasteiger partial charge in [0.05, 0.1) is 0 Å². The first kappa shape index (κ1) is 12.8. The molecule has 6 nitrogen and oxygen atoms in total. The molecule has 0 saturated heterocycles. The number of nitrogens with two attached hydrogens (primary N) is 1. The van der Waals surface area contributed by atoms with Crippen LogP contribution in [0.25, 0.3) is 0 Å². The number of nitrogens with zero attached hydrogens (tertiary/aromatic N) is 2. The number of primary amides is 1. The molecule has 1 heterocycles.